The Morgan fingerprint density at radius 2 is 1.20 bits per heavy atom. The number of hydrogen-bond donors (Lipinski definition) is 0. The second-order valence-corrected chi connectivity index (χ2v) is 11.2. The van der Waals surface area contributed by atoms with Crippen LogP contribution in [0, 0.1) is 0 Å². The van der Waals surface area contributed by atoms with Gasteiger partial charge in [0, 0.05) is 41.2 Å². The molecule has 0 aliphatic carbocycles. The van der Waals surface area contributed by atoms with Crippen LogP contribution in [0.1, 0.15) is 0 Å². The molecule has 0 saturated carbocycles. The SMILES string of the molecule is Clc1nc(-c2ccc3sc4ccccc4c3c2)c2sc3c4ccccc4c4ccccc4c3c2n1. The van der Waals surface area contributed by atoms with Gasteiger partial charge in [-0.25, -0.2) is 9.97 Å². The van der Waals surface area contributed by atoms with Crippen molar-refractivity contribution >= 4 is 96.3 Å². The molecule has 5 aromatic carbocycles. The minimum Gasteiger partial charge on any atom is -0.216 e. The second kappa shape index (κ2) is 7.22. The molecule has 0 radical (unpaired) electrons. The Bertz CT molecular complexity index is 2140. The van der Waals surface area contributed by atoms with Gasteiger partial charge in [-0.15, -0.1) is 22.7 Å². The topological polar surface area (TPSA) is 25.8 Å². The molecular weight excluding hydrogens is 488 g/mol. The van der Waals surface area contributed by atoms with Crippen LogP contribution < -0.4 is 0 Å². The van der Waals surface area contributed by atoms with E-state index < -0.39 is 0 Å². The van der Waals surface area contributed by atoms with Crippen molar-refractivity contribution in [2.45, 2.75) is 0 Å². The average molecular weight is 503 g/mol. The molecule has 164 valence electrons. The van der Waals surface area contributed by atoms with Crippen molar-refractivity contribution in [1.29, 1.82) is 0 Å². The van der Waals surface area contributed by atoms with E-state index >= 15 is 0 Å². The van der Waals surface area contributed by atoms with Crippen LogP contribution in [0.5, 0.6) is 0 Å². The molecule has 0 atom stereocenters. The lowest BCUT2D eigenvalue weighted by Crippen LogP contribution is -1.89. The molecule has 8 aromatic rings. The number of hydrogen-bond acceptors (Lipinski definition) is 4. The number of rotatable bonds is 1. The van der Waals surface area contributed by atoms with Crippen molar-refractivity contribution in [3.8, 4) is 11.3 Å². The Labute approximate surface area is 213 Å². The van der Waals surface area contributed by atoms with Crippen molar-refractivity contribution in [1.82, 2.24) is 9.97 Å². The summed E-state index contributed by atoms with van der Waals surface area (Å²) in [5, 5.41) is 8.90. The van der Waals surface area contributed by atoms with Gasteiger partial charge in [0.1, 0.15) is 0 Å². The van der Waals surface area contributed by atoms with Gasteiger partial charge in [-0.2, -0.15) is 0 Å². The van der Waals surface area contributed by atoms with Crippen LogP contribution in [0.4, 0.5) is 0 Å². The van der Waals surface area contributed by atoms with Gasteiger partial charge in [-0.05, 0) is 46.0 Å². The van der Waals surface area contributed by atoms with Crippen LogP contribution in [0.3, 0.4) is 0 Å². The fraction of sp³-hybridized carbons (Fsp3) is 0. The third-order valence-corrected chi connectivity index (χ3v) is 9.35. The van der Waals surface area contributed by atoms with Crippen molar-refractivity contribution in [2.24, 2.45) is 0 Å². The second-order valence-electron chi connectivity index (χ2n) is 8.73. The molecule has 5 heteroatoms. The van der Waals surface area contributed by atoms with E-state index in [1.54, 1.807) is 11.3 Å². The first-order valence-electron chi connectivity index (χ1n) is 11.4. The van der Waals surface area contributed by atoms with E-state index in [0.717, 1.165) is 26.9 Å². The van der Waals surface area contributed by atoms with Crippen LogP contribution in [-0.2, 0) is 0 Å². The summed E-state index contributed by atoms with van der Waals surface area (Å²) in [6.45, 7) is 0. The number of benzene rings is 5. The lowest BCUT2D eigenvalue weighted by atomic mass is 9.98. The minimum absolute atomic E-state index is 0.278. The first kappa shape index (κ1) is 19.7. The molecule has 0 saturated heterocycles. The summed E-state index contributed by atoms with van der Waals surface area (Å²) in [6.07, 6.45) is 0. The van der Waals surface area contributed by atoms with Gasteiger partial charge < -0.3 is 0 Å². The summed E-state index contributed by atoms with van der Waals surface area (Å²) in [7, 11) is 0. The zero-order chi connectivity index (χ0) is 23.1. The predicted octanol–water partition coefficient (Wildman–Crippen LogP) is 9.84. The molecule has 0 unspecified atom stereocenters. The fourth-order valence-electron chi connectivity index (χ4n) is 5.31. The van der Waals surface area contributed by atoms with Crippen LogP contribution in [0.25, 0.3) is 73.3 Å². The quantitative estimate of drug-likeness (QED) is 0.165. The van der Waals surface area contributed by atoms with Crippen molar-refractivity contribution in [3.63, 3.8) is 0 Å². The summed E-state index contributed by atoms with van der Waals surface area (Å²) in [4.78, 5) is 9.54. The first-order chi connectivity index (χ1) is 17.3. The molecule has 0 amide bonds. The number of fused-ring (bicyclic) bond motifs is 11. The van der Waals surface area contributed by atoms with Crippen LogP contribution in [0.2, 0.25) is 5.28 Å². The number of aromatic nitrogens is 2. The van der Waals surface area contributed by atoms with E-state index in [9.17, 15) is 0 Å². The Hall–Kier alpha value is -3.57. The van der Waals surface area contributed by atoms with E-state index in [4.69, 9.17) is 21.6 Å². The molecule has 0 aliphatic heterocycles. The Kier molecular flexibility index (Phi) is 4.06. The monoisotopic (exact) mass is 502 g/mol. The molecule has 8 rings (SSSR count). The molecule has 0 fully saturated rings. The van der Waals surface area contributed by atoms with E-state index in [0.29, 0.717) is 0 Å². The zero-order valence-electron chi connectivity index (χ0n) is 18.2. The van der Waals surface area contributed by atoms with Crippen LogP contribution >= 0.6 is 34.3 Å². The highest BCUT2D eigenvalue weighted by Crippen LogP contribution is 2.46. The molecule has 3 aromatic heterocycles. The van der Waals surface area contributed by atoms with Gasteiger partial charge in [0.25, 0.3) is 0 Å². The molecule has 0 bridgehead atoms. The molecule has 0 aliphatic rings. The van der Waals surface area contributed by atoms with E-state index in [2.05, 4.69) is 91.0 Å². The molecule has 0 N–H and O–H groups in total. The maximum atomic E-state index is 6.58. The Balaban J connectivity index is 1.53. The Morgan fingerprint density at radius 3 is 2.03 bits per heavy atom. The molecule has 35 heavy (non-hydrogen) atoms. The van der Waals surface area contributed by atoms with Crippen molar-refractivity contribution in [2.75, 3.05) is 0 Å². The van der Waals surface area contributed by atoms with Crippen molar-refractivity contribution in [3.05, 3.63) is 96.3 Å². The minimum atomic E-state index is 0.278. The summed E-state index contributed by atoms with van der Waals surface area (Å²) >= 11 is 10.2. The third kappa shape index (κ3) is 2.76. The fourth-order valence-corrected chi connectivity index (χ4v) is 7.87. The van der Waals surface area contributed by atoms with Crippen molar-refractivity contribution < 1.29 is 0 Å². The highest BCUT2D eigenvalue weighted by atomic mass is 35.5. The summed E-state index contributed by atoms with van der Waals surface area (Å²) in [5.74, 6) is 0. The van der Waals surface area contributed by atoms with Gasteiger partial charge >= 0.3 is 0 Å². The van der Waals surface area contributed by atoms with Gasteiger partial charge in [0.15, 0.2) is 0 Å². The van der Waals surface area contributed by atoms with E-state index in [1.165, 1.54) is 46.4 Å². The van der Waals surface area contributed by atoms with Gasteiger partial charge in [0.2, 0.25) is 5.28 Å². The zero-order valence-corrected chi connectivity index (χ0v) is 20.6. The summed E-state index contributed by atoms with van der Waals surface area (Å²) in [5.41, 5.74) is 2.89. The largest absolute Gasteiger partial charge is 0.223 e. The van der Waals surface area contributed by atoms with E-state index in [1.807, 2.05) is 11.3 Å². The summed E-state index contributed by atoms with van der Waals surface area (Å²) < 4.78 is 4.88. The Morgan fingerprint density at radius 1 is 0.543 bits per heavy atom. The lowest BCUT2D eigenvalue weighted by molar-refractivity contribution is 1.24. The maximum Gasteiger partial charge on any atom is 0.223 e. The lowest BCUT2D eigenvalue weighted by Gasteiger charge is -2.07. The van der Waals surface area contributed by atoms with E-state index in [-0.39, 0.29) is 5.28 Å². The predicted molar refractivity (Wildman–Crippen MR) is 153 cm³/mol. The standard InChI is InChI=1S/C30H15ClN2S2/c31-30-32-26(16-13-14-24-22(15-16)19-9-5-6-12-23(19)34-24)29-27(33-30)25-20-10-3-1-7-17(20)18-8-2-4-11-21(18)28(25)35-29/h1-15H. The maximum absolute atomic E-state index is 6.58. The van der Waals surface area contributed by atoms with Gasteiger partial charge in [0.05, 0.1) is 15.9 Å². The number of nitrogens with zero attached hydrogens (tertiary/aromatic N) is 2. The highest BCUT2D eigenvalue weighted by molar-refractivity contribution is 7.27. The third-order valence-electron chi connectivity index (χ3n) is 6.81. The number of halogens is 1. The smallest absolute Gasteiger partial charge is 0.216 e. The molecule has 3 heterocycles. The van der Waals surface area contributed by atoms with Crippen LogP contribution in [0.15, 0.2) is 91.0 Å². The molecule has 0 spiro atoms. The first-order valence-corrected chi connectivity index (χ1v) is 13.4. The number of thiophene rings is 2. The highest BCUT2D eigenvalue weighted by Gasteiger charge is 2.20. The average Bonchev–Trinajstić information content (AvgIpc) is 3.47. The summed E-state index contributed by atoms with van der Waals surface area (Å²) in [6, 6.07) is 32.4. The van der Waals surface area contributed by atoms with Gasteiger partial charge in [-0.1, -0.05) is 72.8 Å². The molecule has 2 nitrogen and oxygen atoms in total. The molecular formula is C30H15ClN2S2. The van der Waals surface area contributed by atoms with Crippen LogP contribution in [-0.4, -0.2) is 9.97 Å². The van der Waals surface area contributed by atoms with Gasteiger partial charge in [-0.3, -0.25) is 0 Å². The normalized spacial score (nSPS) is 12.1.